The molecule has 266 valence electrons. The number of aliphatic carboxylic acids is 1. The highest BCUT2D eigenvalue weighted by Crippen LogP contribution is 2.55. The highest BCUT2D eigenvalue weighted by molar-refractivity contribution is 8.01. The van der Waals surface area contributed by atoms with Gasteiger partial charge in [0.25, 0.3) is 11.6 Å². The molecule has 0 saturated carbocycles. The predicted molar refractivity (Wildman–Crippen MR) is 172 cm³/mol. The van der Waals surface area contributed by atoms with Crippen LogP contribution in [0.25, 0.3) is 0 Å². The van der Waals surface area contributed by atoms with Crippen molar-refractivity contribution in [2.45, 2.75) is 60.8 Å². The Bertz CT molecular complexity index is 1700. The Morgan fingerprint density at radius 3 is 2.26 bits per heavy atom. The van der Waals surface area contributed by atoms with Crippen molar-refractivity contribution in [3.8, 4) is 5.75 Å². The number of ether oxygens (including phenoxy) is 1. The molecule has 50 heavy (non-hydrogen) atoms. The van der Waals surface area contributed by atoms with E-state index in [0.29, 0.717) is 12.0 Å². The number of non-ortho nitro benzene ring substituents is 1. The van der Waals surface area contributed by atoms with E-state index in [2.05, 4.69) is 26.6 Å². The Balaban J connectivity index is 1.59. The lowest BCUT2D eigenvalue weighted by molar-refractivity contribution is -0.384. The highest BCUT2D eigenvalue weighted by atomic mass is 32.2. The van der Waals surface area contributed by atoms with E-state index in [0.717, 1.165) is 16.7 Å². The number of hydrogen-bond acceptors (Lipinski definition) is 12. The van der Waals surface area contributed by atoms with Crippen LogP contribution in [0.5, 0.6) is 5.75 Å². The van der Waals surface area contributed by atoms with Crippen molar-refractivity contribution in [2.75, 3.05) is 7.05 Å². The molecule has 2 aromatic carbocycles. The molecule has 0 spiro atoms. The smallest absolute Gasteiger partial charge is 0.408 e. The van der Waals surface area contributed by atoms with E-state index in [-0.39, 0.29) is 23.6 Å². The highest BCUT2D eigenvalue weighted by Gasteiger charge is 2.74. The van der Waals surface area contributed by atoms with Gasteiger partial charge in [0.1, 0.15) is 35.9 Å². The van der Waals surface area contributed by atoms with Crippen molar-refractivity contribution >= 4 is 59.6 Å². The van der Waals surface area contributed by atoms with Crippen molar-refractivity contribution in [3.05, 3.63) is 69.8 Å². The number of nitrogens with one attached hydrogen (secondary N) is 5. The van der Waals surface area contributed by atoms with Crippen LogP contribution in [0.2, 0.25) is 0 Å². The van der Waals surface area contributed by atoms with Crippen molar-refractivity contribution < 1.29 is 53.4 Å². The van der Waals surface area contributed by atoms with E-state index >= 15 is 0 Å². The summed E-state index contributed by atoms with van der Waals surface area (Å²) in [5.74, 6) is -5.45. The number of phenolic OH excluding ortho intramolecular Hbond substituents is 1. The Hall–Kier alpha value is -5.92. The fourth-order valence-corrected chi connectivity index (χ4v) is 7.18. The minimum absolute atomic E-state index is 0.0454. The van der Waals surface area contributed by atoms with Gasteiger partial charge in [-0.25, -0.2) is 9.59 Å². The molecule has 2 aromatic rings. The number of rotatable bonds is 14. The molecule has 0 bridgehead atoms. The van der Waals surface area contributed by atoms with Gasteiger partial charge in [0.15, 0.2) is 0 Å². The van der Waals surface area contributed by atoms with Crippen LogP contribution in [0.15, 0.2) is 48.5 Å². The summed E-state index contributed by atoms with van der Waals surface area (Å²) in [5, 5.41) is 42.1. The van der Waals surface area contributed by atoms with Gasteiger partial charge in [-0.05, 0) is 49.2 Å². The van der Waals surface area contributed by atoms with Gasteiger partial charge in [-0.3, -0.25) is 39.0 Å². The van der Waals surface area contributed by atoms with Gasteiger partial charge in [0.2, 0.25) is 29.8 Å². The van der Waals surface area contributed by atoms with Crippen LogP contribution in [0.4, 0.5) is 10.5 Å². The van der Waals surface area contributed by atoms with E-state index in [1.54, 1.807) is 0 Å². The predicted octanol–water partition coefficient (Wildman–Crippen LogP) is -0.406. The molecule has 0 radical (unpaired) electrons. The van der Waals surface area contributed by atoms with Crippen LogP contribution in [0.3, 0.4) is 0 Å². The third-order valence-corrected chi connectivity index (χ3v) is 9.73. The third-order valence-electron chi connectivity index (χ3n) is 8.12. The van der Waals surface area contributed by atoms with E-state index in [1.165, 1.54) is 69.4 Å². The summed E-state index contributed by atoms with van der Waals surface area (Å²) >= 11 is 1.03. The van der Waals surface area contributed by atoms with Gasteiger partial charge in [-0.1, -0.05) is 12.1 Å². The van der Waals surface area contributed by atoms with Crippen molar-refractivity contribution in [2.24, 2.45) is 0 Å². The number of β-lactam (4-membered cyclic amide) rings is 1. The van der Waals surface area contributed by atoms with Crippen molar-refractivity contribution in [3.63, 3.8) is 0 Å². The van der Waals surface area contributed by atoms with Crippen LogP contribution in [-0.4, -0.2) is 97.1 Å². The zero-order valence-electron chi connectivity index (χ0n) is 26.7. The first-order valence-electron chi connectivity index (χ1n) is 14.8. The molecule has 2 aliphatic heterocycles. The van der Waals surface area contributed by atoms with Crippen LogP contribution >= 0.6 is 11.8 Å². The summed E-state index contributed by atoms with van der Waals surface area (Å²) in [6.07, 6.45) is -1.48. The average Bonchev–Trinajstić information content (AvgIpc) is 3.28. The lowest BCUT2D eigenvalue weighted by atomic mass is 9.88. The molecule has 5 atom stereocenters. The minimum atomic E-state index is -2.36. The monoisotopic (exact) mass is 715 g/mol. The van der Waals surface area contributed by atoms with E-state index in [1.807, 2.05) is 0 Å². The maximum Gasteiger partial charge on any atom is 0.408 e. The van der Waals surface area contributed by atoms with E-state index in [9.17, 15) is 53.9 Å². The number of nitrogens with zero attached hydrogens (tertiary/aromatic N) is 2. The number of carboxylic acids is 1. The molecule has 20 heteroatoms. The van der Waals surface area contributed by atoms with Gasteiger partial charge in [-0.15, -0.1) is 11.8 Å². The third kappa shape index (κ3) is 7.23. The fourth-order valence-electron chi connectivity index (χ4n) is 5.47. The van der Waals surface area contributed by atoms with Gasteiger partial charge in [0, 0.05) is 19.2 Å². The number of carboxylic acid groups (broad SMARTS) is 1. The molecule has 2 unspecified atom stereocenters. The summed E-state index contributed by atoms with van der Waals surface area (Å²) in [6.45, 7) is 2.60. The zero-order valence-corrected chi connectivity index (χ0v) is 27.5. The standard InChI is InChI=1S/C30H33N7O12S/c1-29(2)30(27(44)45,36-25(43)22(32-14-38)26(36)50-29)35-24(42)21(16-6-10-18(39)11-7-16)34-23(41)19(12-20(40)31-3)33-28(46)49-13-15-4-8-17(9-5-15)37(47)48/h4-11,14,19,21-22,26,39H,12-13H2,1-3H3,(H,31,40)(H,32,38)(H,33,46)(H,34,41)(H,35,42)(H,44,45)/t19?,21?,22-,26-,30+/m1/s1. The molecular formula is C30H33N7O12S. The van der Waals surface area contributed by atoms with Crippen LogP contribution in [-0.2, 0) is 40.1 Å². The Morgan fingerprint density at radius 1 is 1.06 bits per heavy atom. The molecule has 2 fully saturated rings. The number of phenols is 1. The second-order valence-corrected chi connectivity index (χ2v) is 13.3. The average molecular weight is 716 g/mol. The SMILES string of the molecule is CNC(=O)CC(NC(=O)OCc1ccc([N+](=O)[O-])cc1)C(=O)NC(C(=O)N[C@@]1(C(=O)O)N2C(=O)[C@@H](NC=O)[C@H]2SC1(C)C)c1ccc(O)cc1. The number of amides is 6. The summed E-state index contributed by atoms with van der Waals surface area (Å²) in [4.78, 5) is 101. The molecule has 2 aliphatic rings. The minimum Gasteiger partial charge on any atom is -0.508 e. The first kappa shape index (κ1) is 36.9. The second kappa shape index (κ2) is 14.7. The normalized spacial score (nSPS) is 21.3. The first-order chi connectivity index (χ1) is 23.6. The van der Waals surface area contributed by atoms with Gasteiger partial charge >= 0.3 is 12.1 Å². The Kier molecular flexibility index (Phi) is 10.8. The number of carbonyl (C=O) groups is 7. The maximum atomic E-state index is 14.1. The van der Waals surface area contributed by atoms with Gasteiger partial charge in [-0.2, -0.15) is 0 Å². The molecular weight excluding hydrogens is 682 g/mol. The van der Waals surface area contributed by atoms with Crippen LogP contribution in [0, 0.1) is 10.1 Å². The number of benzene rings is 2. The molecule has 6 amide bonds. The molecule has 4 rings (SSSR count). The van der Waals surface area contributed by atoms with E-state index < -0.39 is 80.9 Å². The zero-order chi connectivity index (χ0) is 37.0. The number of hydrogen-bond donors (Lipinski definition) is 7. The number of nitro groups is 1. The molecule has 2 heterocycles. The van der Waals surface area contributed by atoms with E-state index in [4.69, 9.17) is 4.74 Å². The van der Waals surface area contributed by atoms with Crippen LogP contribution < -0.4 is 26.6 Å². The topological polar surface area (TPSA) is 276 Å². The summed E-state index contributed by atoms with van der Waals surface area (Å²) < 4.78 is 3.74. The Morgan fingerprint density at radius 2 is 1.70 bits per heavy atom. The quantitative estimate of drug-likeness (QED) is 0.0568. The largest absolute Gasteiger partial charge is 0.508 e. The summed E-state index contributed by atoms with van der Waals surface area (Å²) in [6, 6.07) is 5.64. The number of fused-ring (bicyclic) bond motifs is 1. The lowest BCUT2D eigenvalue weighted by Crippen LogP contribution is -2.80. The number of nitro benzene ring substituents is 1. The molecule has 19 nitrogen and oxygen atoms in total. The van der Waals surface area contributed by atoms with Crippen molar-refractivity contribution in [1.29, 1.82) is 0 Å². The van der Waals surface area contributed by atoms with Crippen LogP contribution in [0.1, 0.15) is 37.4 Å². The molecule has 2 saturated heterocycles. The number of aromatic hydroxyl groups is 1. The number of carbonyl (C=O) groups excluding carboxylic acids is 6. The van der Waals surface area contributed by atoms with Crippen molar-refractivity contribution in [1.82, 2.24) is 31.5 Å². The van der Waals surface area contributed by atoms with Gasteiger partial charge < -0.3 is 41.5 Å². The molecule has 0 aliphatic carbocycles. The lowest BCUT2D eigenvalue weighted by Gasteiger charge is -2.49. The van der Waals surface area contributed by atoms with Gasteiger partial charge in [0.05, 0.1) is 16.1 Å². The number of thioether (sulfide) groups is 1. The molecule has 7 N–H and O–H groups in total. The maximum absolute atomic E-state index is 14.1. The Labute approximate surface area is 287 Å². The number of alkyl carbamates (subject to hydrolysis) is 1. The summed E-state index contributed by atoms with van der Waals surface area (Å²) in [7, 11) is 1.28. The molecule has 0 aromatic heterocycles. The second-order valence-electron chi connectivity index (χ2n) is 11.6. The first-order valence-corrected chi connectivity index (χ1v) is 15.7. The summed E-state index contributed by atoms with van der Waals surface area (Å²) in [5.41, 5.74) is -2.13. The fraction of sp³-hybridized carbons (Fsp3) is 0.367.